The normalized spacial score (nSPS) is 16.4. The van der Waals surface area contributed by atoms with Crippen LogP contribution < -0.4 is 14.8 Å². The molecule has 0 spiro atoms. The summed E-state index contributed by atoms with van der Waals surface area (Å²) in [5.74, 6) is 1.60. The SMILES string of the molecule is COc1cc(OC)c(Cl)c(-c2cccc3nc(NC4CCN(C)C4)ncc23)c1Cl.Cl. The smallest absolute Gasteiger partial charge is 0.223 e. The van der Waals surface area contributed by atoms with Crippen LogP contribution in [0.1, 0.15) is 6.42 Å². The van der Waals surface area contributed by atoms with Crippen molar-refractivity contribution in [3.05, 3.63) is 40.5 Å². The zero-order valence-corrected chi connectivity index (χ0v) is 19.2. The lowest BCUT2D eigenvalue weighted by Crippen LogP contribution is -2.24. The Morgan fingerprint density at radius 3 is 2.43 bits per heavy atom. The lowest BCUT2D eigenvalue weighted by Gasteiger charge is -2.17. The molecule has 160 valence electrons. The van der Waals surface area contributed by atoms with E-state index in [1.54, 1.807) is 26.5 Å². The summed E-state index contributed by atoms with van der Waals surface area (Å²) in [6.45, 7) is 2.06. The molecule has 1 fully saturated rings. The average molecular weight is 470 g/mol. The minimum atomic E-state index is 0. The molecule has 4 rings (SSSR count). The van der Waals surface area contributed by atoms with E-state index in [0.29, 0.717) is 39.1 Å². The van der Waals surface area contributed by atoms with Crippen molar-refractivity contribution in [2.24, 2.45) is 0 Å². The lowest BCUT2D eigenvalue weighted by molar-refractivity contribution is 0.395. The van der Waals surface area contributed by atoms with Crippen LogP contribution in [0.3, 0.4) is 0 Å². The van der Waals surface area contributed by atoms with Gasteiger partial charge in [-0.2, -0.15) is 0 Å². The Hall–Kier alpha value is -1.99. The van der Waals surface area contributed by atoms with Gasteiger partial charge in [-0.3, -0.25) is 0 Å². The number of benzene rings is 2. The van der Waals surface area contributed by atoms with Gasteiger partial charge in [-0.15, -0.1) is 12.4 Å². The molecule has 0 radical (unpaired) electrons. The quantitative estimate of drug-likeness (QED) is 0.557. The zero-order chi connectivity index (χ0) is 20.5. The first-order valence-corrected chi connectivity index (χ1v) is 10.1. The Labute approximate surface area is 191 Å². The fourth-order valence-corrected chi connectivity index (χ4v) is 4.40. The molecule has 6 nitrogen and oxygen atoms in total. The summed E-state index contributed by atoms with van der Waals surface area (Å²) in [7, 11) is 5.23. The number of likely N-dealkylation sites (tertiary alicyclic amines) is 1. The van der Waals surface area contributed by atoms with Crippen LogP contribution in [0, 0.1) is 0 Å². The predicted molar refractivity (Wildman–Crippen MR) is 125 cm³/mol. The van der Waals surface area contributed by atoms with Gasteiger partial charge in [-0.25, -0.2) is 9.97 Å². The molecular formula is C21H23Cl3N4O2. The summed E-state index contributed by atoms with van der Waals surface area (Å²) >= 11 is 13.2. The molecule has 0 bridgehead atoms. The summed E-state index contributed by atoms with van der Waals surface area (Å²) in [4.78, 5) is 11.5. The van der Waals surface area contributed by atoms with Crippen LogP contribution in [0.5, 0.6) is 11.5 Å². The van der Waals surface area contributed by atoms with E-state index < -0.39 is 0 Å². The largest absolute Gasteiger partial charge is 0.495 e. The summed E-state index contributed by atoms with van der Waals surface area (Å²) < 4.78 is 10.8. The Morgan fingerprint density at radius 1 is 1.13 bits per heavy atom. The summed E-state index contributed by atoms with van der Waals surface area (Å²) in [5.41, 5.74) is 2.26. The fourth-order valence-electron chi connectivity index (χ4n) is 3.70. The number of aromatic nitrogens is 2. The molecular weight excluding hydrogens is 447 g/mol. The second-order valence-corrected chi connectivity index (χ2v) is 7.86. The minimum Gasteiger partial charge on any atom is -0.495 e. The van der Waals surface area contributed by atoms with Crippen molar-refractivity contribution < 1.29 is 9.47 Å². The van der Waals surface area contributed by atoms with Crippen molar-refractivity contribution >= 4 is 52.5 Å². The maximum absolute atomic E-state index is 6.61. The van der Waals surface area contributed by atoms with Gasteiger partial charge in [0.05, 0.1) is 29.8 Å². The molecule has 9 heteroatoms. The van der Waals surface area contributed by atoms with E-state index in [1.807, 2.05) is 18.2 Å². The highest BCUT2D eigenvalue weighted by molar-refractivity contribution is 6.41. The molecule has 1 saturated heterocycles. The number of anilines is 1. The Balaban J connectivity index is 0.00000256. The second kappa shape index (κ2) is 9.43. The number of nitrogens with zero attached hydrogens (tertiary/aromatic N) is 3. The molecule has 1 aliphatic heterocycles. The number of rotatable bonds is 5. The minimum absolute atomic E-state index is 0. The highest BCUT2D eigenvalue weighted by atomic mass is 35.5. The number of halogens is 3. The summed E-state index contributed by atoms with van der Waals surface area (Å²) in [6.07, 6.45) is 2.88. The van der Waals surface area contributed by atoms with Crippen molar-refractivity contribution in [1.82, 2.24) is 14.9 Å². The third-order valence-electron chi connectivity index (χ3n) is 5.19. The number of hydrogen-bond acceptors (Lipinski definition) is 6. The molecule has 1 atom stereocenters. The molecule has 1 aromatic heterocycles. The molecule has 30 heavy (non-hydrogen) atoms. The van der Waals surface area contributed by atoms with Crippen LogP contribution in [0.25, 0.3) is 22.0 Å². The number of methoxy groups -OCH3 is 2. The van der Waals surface area contributed by atoms with Gasteiger partial charge in [0.25, 0.3) is 0 Å². The first kappa shape index (κ1) is 22.7. The average Bonchev–Trinajstić information content (AvgIpc) is 3.13. The molecule has 0 saturated carbocycles. The second-order valence-electron chi connectivity index (χ2n) is 7.11. The molecule has 3 aromatic rings. The van der Waals surface area contributed by atoms with Crippen molar-refractivity contribution in [2.75, 3.05) is 39.7 Å². The van der Waals surface area contributed by atoms with Gasteiger partial charge < -0.3 is 19.7 Å². The van der Waals surface area contributed by atoms with Crippen molar-refractivity contribution in [1.29, 1.82) is 0 Å². The molecule has 1 unspecified atom stereocenters. The van der Waals surface area contributed by atoms with Crippen molar-refractivity contribution in [3.8, 4) is 22.6 Å². The molecule has 0 amide bonds. The third kappa shape index (κ3) is 4.23. The van der Waals surface area contributed by atoms with Gasteiger partial charge in [0.15, 0.2) is 0 Å². The van der Waals surface area contributed by atoms with Crippen LogP contribution in [0.15, 0.2) is 30.5 Å². The van der Waals surface area contributed by atoms with Gasteiger partial charge in [0.1, 0.15) is 11.5 Å². The van der Waals surface area contributed by atoms with E-state index in [1.165, 1.54) is 0 Å². The van der Waals surface area contributed by atoms with Crippen LogP contribution in [0.4, 0.5) is 5.95 Å². The van der Waals surface area contributed by atoms with E-state index in [9.17, 15) is 0 Å². The van der Waals surface area contributed by atoms with Gasteiger partial charge >= 0.3 is 0 Å². The number of likely N-dealkylation sites (N-methyl/N-ethyl adjacent to an activating group) is 1. The van der Waals surface area contributed by atoms with Gasteiger partial charge in [0, 0.05) is 35.8 Å². The Bertz CT molecular complexity index is 1040. The first-order valence-electron chi connectivity index (χ1n) is 9.33. The van der Waals surface area contributed by atoms with Gasteiger partial charge in [0.2, 0.25) is 5.95 Å². The summed E-state index contributed by atoms with van der Waals surface area (Å²) in [6, 6.07) is 7.85. The monoisotopic (exact) mass is 468 g/mol. The molecule has 1 N–H and O–H groups in total. The number of fused-ring (bicyclic) bond motifs is 1. The van der Waals surface area contributed by atoms with E-state index in [-0.39, 0.29) is 12.4 Å². The van der Waals surface area contributed by atoms with Crippen LogP contribution >= 0.6 is 35.6 Å². The number of ether oxygens (including phenoxy) is 2. The van der Waals surface area contributed by atoms with E-state index in [0.717, 1.165) is 36.0 Å². The van der Waals surface area contributed by atoms with Crippen molar-refractivity contribution in [3.63, 3.8) is 0 Å². The summed E-state index contributed by atoms with van der Waals surface area (Å²) in [5, 5.41) is 5.11. The van der Waals surface area contributed by atoms with Crippen LogP contribution in [-0.2, 0) is 0 Å². The topological polar surface area (TPSA) is 59.5 Å². The lowest BCUT2D eigenvalue weighted by atomic mass is 10.0. The Kier molecular flexibility index (Phi) is 7.14. The maximum Gasteiger partial charge on any atom is 0.223 e. The standard InChI is InChI=1S/C21H22Cl2N4O2.ClH/c1-27-8-7-12(11-27)25-21-24-10-14-13(5-4-6-15(14)26-21)18-19(22)16(28-2)9-17(29-3)20(18)23;/h4-6,9-10,12H,7-8,11H2,1-3H3,(H,24,25,26);1H. The first-order chi connectivity index (χ1) is 14.0. The Morgan fingerprint density at radius 2 is 1.83 bits per heavy atom. The van der Waals surface area contributed by atoms with Gasteiger partial charge in [-0.1, -0.05) is 35.3 Å². The van der Waals surface area contributed by atoms with Gasteiger partial charge in [-0.05, 0) is 31.6 Å². The number of hydrogen-bond donors (Lipinski definition) is 1. The highest BCUT2D eigenvalue weighted by Gasteiger charge is 2.22. The van der Waals surface area contributed by atoms with E-state index >= 15 is 0 Å². The molecule has 2 aromatic carbocycles. The molecule has 0 aliphatic carbocycles. The van der Waals surface area contributed by atoms with E-state index in [2.05, 4.69) is 22.2 Å². The van der Waals surface area contributed by atoms with Crippen LogP contribution in [-0.4, -0.2) is 55.3 Å². The zero-order valence-electron chi connectivity index (χ0n) is 16.9. The molecule has 2 heterocycles. The third-order valence-corrected chi connectivity index (χ3v) is 5.94. The maximum atomic E-state index is 6.61. The fraction of sp³-hybridized carbons (Fsp3) is 0.333. The highest BCUT2D eigenvalue weighted by Crippen LogP contribution is 2.47. The molecule has 1 aliphatic rings. The van der Waals surface area contributed by atoms with Crippen LogP contribution in [0.2, 0.25) is 10.0 Å². The van der Waals surface area contributed by atoms with Crippen molar-refractivity contribution in [2.45, 2.75) is 12.5 Å². The predicted octanol–water partition coefficient (Wildman–Crippen LogP) is 5.16. The van der Waals surface area contributed by atoms with E-state index in [4.69, 9.17) is 37.7 Å². The number of nitrogens with one attached hydrogen (secondary N) is 1.